The Balaban J connectivity index is 1.23. The molecule has 1 fully saturated rings. The van der Waals surface area contributed by atoms with E-state index >= 15 is 0 Å². The lowest BCUT2D eigenvalue weighted by atomic mass is 9.89. The van der Waals surface area contributed by atoms with Crippen molar-refractivity contribution in [3.05, 3.63) is 123 Å². The minimum Gasteiger partial charge on any atom is -0.330 e. The number of hydrogen-bond acceptors (Lipinski definition) is 6. The summed E-state index contributed by atoms with van der Waals surface area (Å²) in [5.41, 5.74) is 8.54. The van der Waals surface area contributed by atoms with Gasteiger partial charge in [0.1, 0.15) is 5.82 Å². The van der Waals surface area contributed by atoms with Gasteiger partial charge in [0.2, 0.25) is 0 Å². The molecule has 228 valence electrons. The Hall–Kier alpha value is -5.38. The molecule has 10 heteroatoms. The van der Waals surface area contributed by atoms with Gasteiger partial charge in [-0.25, -0.2) is 9.18 Å². The van der Waals surface area contributed by atoms with Crippen molar-refractivity contribution in [2.45, 2.75) is 50.6 Å². The third kappa shape index (κ3) is 4.23. The Labute approximate surface area is 262 Å². The first-order valence-corrected chi connectivity index (χ1v) is 15.8. The van der Waals surface area contributed by atoms with E-state index in [1.165, 1.54) is 23.3 Å². The number of benzene rings is 3. The van der Waals surface area contributed by atoms with Crippen molar-refractivity contribution >= 4 is 16.8 Å². The highest BCUT2D eigenvalue weighted by atomic mass is 19.1. The van der Waals surface area contributed by atoms with Crippen LogP contribution < -0.4 is 5.76 Å². The predicted octanol–water partition coefficient (Wildman–Crippen LogP) is 6.19. The topological polar surface area (TPSA) is 110 Å². The molecule has 6 aromatic rings. The van der Waals surface area contributed by atoms with E-state index in [0.29, 0.717) is 41.8 Å². The second-order valence-electron chi connectivity index (χ2n) is 12.4. The lowest BCUT2D eigenvalue weighted by Crippen LogP contribution is -2.23. The molecule has 1 amide bonds. The Morgan fingerprint density at radius 2 is 1.80 bits per heavy atom. The number of fused-ring (bicyclic) bond motifs is 5. The van der Waals surface area contributed by atoms with E-state index in [4.69, 9.17) is 14.6 Å². The molecule has 3 aliphatic rings. The minimum absolute atomic E-state index is 0.0597. The molecule has 0 radical (unpaired) electrons. The van der Waals surface area contributed by atoms with Gasteiger partial charge in [-0.1, -0.05) is 47.6 Å². The standard InChI is InChI=1S/C36H29FN6O3/c37-24-12-7-20(8-13-24)9-14-27-31(34-39-36(45)46-41-34)30(32-33(38-27)29-6-3-17-42(29)35(32)44)22-10-15-26-23(18-22)19-43(40-26)28-16-11-21-4-1-2-5-25(21)28/h1-2,4-5,7-8,10,12-13,15,18-19,28-29H,3,6,9,11,14,16-17H2,(H,39,41,45)/t28-,29+/m1/s1. The van der Waals surface area contributed by atoms with Crippen LogP contribution in [0.2, 0.25) is 0 Å². The average molecular weight is 613 g/mol. The summed E-state index contributed by atoms with van der Waals surface area (Å²) >= 11 is 0. The number of H-pyrrole nitrogens is 1. The van der Waals surface area contributed by atoms with E-state index in [9.17, 15) is 14.0 Å². The van der Waals surface area contributed by atoms with E-state index in [1.807, 2.05) is 17.0 Å². The van der Waals surface area contributed by atoms with Gasteiger partial charge in [-0.3, -0.25) is 24.0 Å². The largest absolute Gasteiger partial charge is 0.439 e. The number of aryl methyl sites for hydroxylation is 3. The van der Waals surface area contributed by atoms with Gasteiger partial charge in [0.05, 0.1) is 40.1 Å². The number of rotatable bonds is 6. The molecule has 3 aromatic heterocycles. The maximum Gasteiger partial charge on any atom is 0.439 e. The summed E-state index contributed by atoms with van der Waals surface area (Å²) in [6.07, 6.45) is 6.93. The molecule has 5 heterocycles. The first kappa shape index (κ1) is 27.0. The lowest BCUT2D eigenvalue weighted by Gasteiger charge is -2.17. The first-order valence-electron chi connectivity index (χ1n) is 15.8. The molecule has 2 atom stereocenters. The molecule has 0 unspecified atom stereocenters. The van der Waals surface area contributed by atoms with Crippen LogP contribution in [0, 0.1) is 5.82 Å². The first-order chi connectivity index (χ1) is 22.5. The molecule has 1 aliphatic carbocycles. The van der Waals surface area contributed by atoms with Crippen molar-refractivity contribution in [2.75, 3.05) is 6.54 Å². The molecule has 0 bridgehead atoms. The lowest BCUT2D eigenvalue weighted by molar-refractivity contribution is 0.0776. The van der Waals surface area contributed by atoms with Crippen LogP contribution in [0.5, 0.6) is 0 Å². The van der Waals surface area contributed by atoms with Gasteiger partial charge in [0, 0.05) is 23.7 Å². The SMILES string of the molecule is O=C1c2c(nc(CCc3ccc(F)cc3)c(-c3noc(=O)[nH]3)c2-c2ccc3nn([C@@H]4CCc5ccccc54)cc3c2)[C@@H]2CCCN12. The maximum atomic E-state index is 14.1. The number of hydrogen-bond donors (Lipinski definition) is 1. The third-order valence-corrected chi connectivity index (χ3v) is 9.82. The molecule has 1 N–H and O–H groups in total. The number of nitrogens with one attached hydrogen (secondary N) is 1. The maximum absolute atomic E-state index is 14.1. The molecular formula is C36H29FN6O3. The van der Waals surface area contributed by atoms with Gasteiger partial charge in [-0.15, -0.1) is 0 Å². The second-order valence-corrected chi connectivity index (χ2v) is 12.4. The predicted molar refractivity (Wildman–Crippen MR) is 169 cm³/mol. The molecule has 9 nitrogen and oxygen atoms in total. The Morgan fingerprint density at radius 3 is 2.65 bits per heavy atom. The van der Waals surface area contributed by atoms with Gasteiger partial charge in [-0.2, -0.15) is 5.10 Å². The fourth-order valence-corrected chi connectivity index (χ4v) is 7.70. The molecular weight excluding hydrogens is 583 g/mol. The number of aromatic nitrogens is 5. The van der Waals surface area contributed by atoms with Crippen LogP contribution in [0.25, 0.3) is 33.4 Å². The van der Waals surface area contributed by atoms with E-state index in [-0.39, 0.29) is 29.6 Å². The van der Waals surface area contributed by atoms with Gasteiger partial charge >= 0.3 is 5.76 Å². The normalized spacial score (nSPS) is 18.4. The van der Waals surface area contributed by atoms with Gasteiger partial charge in [-0.05, 0) is 85.0 Å². The van der Waals surface area contributed by atoms with Crippen molar-refractivity contribution < 1.29 is 13.7 Å². The summed E-state index contributed by atoms with van der Waals surface area (Å²) in [7, 11) is 0. The highest BCUT2D eigenvalue weighted by Gasteiger charge is 2.44. The van der Waals surface area contributed by atoms with E-state index in [2.05, 4.69) is 51.4 Å². The Bertz CT molecular complexity index is 2230. The van der Waals surface area contributed by atoms with E-state index < -0.39 is 5.76 Å². The van der Waals surface area contributed by atoms with E-state index in [1.54, 1.807) is 12.1 Å². The highest BCUT2D eigenvalue weighted by molar-refractivity contribution is 6.08. The van der Waals surface area contributed by atoms with Crippen molar-refractivity contribution in [3.8, 4) is 22.5 Å². The van der Waals surface area contributed by atoms with Crippen LogP contribution in [-0.2, 0) is 19.3 Å². The molecule has 46 heavy (non-hydrogen) atoms. The number of amides is 1. The van der Waals surface area contributed by atoms with Crippen molar-refractivity contribution in [1.82, 2.24) is 29.8 Å². The quantitative estimate of drug-likeness (QED) is 0.240. The monoisotopic (exact) mass is 612 g/mol. The van der Waals surface area contributed by atoms with E-state index in [0.717, 1.165) is 53.4 Å². The van der Waals surface area contributed by atoms with Crippen LogP contribution in [0.4, 0.5) is 4.39 Å². The summed E-state index contributed by atoms with van der Waals surface area (Å²) in [4.78, 5) is 36.1. The fraction of sp³-hybridized carbons (Fsp3) is 0.250. The molecule has 0 spiro atoms. The molecule has 3 aromatic carbocycles. The highest BCUT2D eigenvalue weighted by Crippen LogP contribution is 2.48. The van der Waals surface area contributed by atoms with Crippen LogP contribution in [0.15, 0.2) is 82.2 Å². The van der Waals surface area contributed by atoms with Crippen LogP contribution in [-0.4, -0.2) is 42.3 Å². The number of nitrogens with zero attached hydrogens (tertiary/aromatic N) is 5. The van der Waals surface area contributed by atoms with Crippen molar-refractivity contribution in [2.24, 2.45) is 0 Å². The number of halogens is 1. The Morgan fingerprint density at radius 1 is 0.935 bits per heavy atom. The third-order valence-electron chi connectivity index (χ3n) is 9.82. The van der Waals surface area contributed by atoms with Crippen LogP contribution in [0.3, 0.4) is 0 Å². The van der Waals surface area contributed by atoms with Crippen molar-refractivity contribution in [3.63, 3.8) is 0 Å². The minimum atomic E-state index is -0.688. The summed E-state index contributed by atoms with van der Waals surface area (Å²) in [6.45, 7) is 0.676. The number of pyridine rings is 1. The molecule has 0 saturated carbocycles. The van der Waals surface area contributed by atoms with Crippen LogP contribution >= 0.6 is 0 Å². The van der Waals surface area contributed by atoms with Crippen LogP contribution in [0.1, 0.15) is 69.8 Å². The zero-order valence-electron chi connectivity index (χ0n) is 24.9. The molecule has 2 aliphatic heterocycles. The summed E-state index contributed by atoms with van der Waals surface area (Å²) < 4.78 is 20.7. The zero-order valence-corrected chi connectivity index (χ0v) is 24.9. The average Bonchev–Trinajstić information content (AvgIpc) is 3.90. The Kier molecular flexibility index (Phi) is 6.06. The van der Waals surface area contributed by atoms with Gasteiger partial charge in [0.15, 0.2) is 5.82 Å². The summed E-state index contributed by atoms with van der Waals surface area (Å²) in [5, 5.41) is 10.00. The zero-order chi connectivity index (χ0) is 30.9. The smallest absolute Gasteiger partial charge is 0.330 e. The second kappa shape index (κ2) is 10.3. The molecule has 9 rings (SSSR count). The van der Waals surface area contributed by atoms with Gasteiger partial charge < -0.3 is 4.90 Å². The summed E-state index contributed by atoms with van der Waals surface area (Å²) in [6, 6.07) is 21.1. The van der Waals surface area contributed by atoms with Crippen molar-refractivity contribution in [1.29, 1.82) is 0 Å². The fourth-order valence-electron chi connectivity index (χ4n) is 7.70. The summed E-state index contributed by atoms with van der Waals surface area (Å²) in [5.74, 6) is -0.817. The molecule has 1 saturated heterocycles. The number of carbonyl (C=O) groups is 1. The van der Waals surface area contributed by atoms with Gasteiger partial charge in [0.25, 0.3) is 5.91 Å². The number of aromatic amines is 1. The number of carbonyl (C=O) groups excluding carboxylic acids is 1.